The summed E-state index contributed by atoms with van der Waals surface area (Å²) < 4.78 is 44.4. The van der Waals surface area contributed by atoms with E-state index >= 15 is 0 Å². The van der Waals surface area contributed by atoms with Gasteiger partial charge in [-0.2, -0.15) is 19.6 Å². The van der Waals surface area contributed by atoms with E-state index < -0.39 is 10.0 Å². The molecule has 2 aliphatic heterocycles. The number of piperidine rings is 1. The van der Waals surface area contributed by atoms with Gasteiger partial charge in [0.2, 0.25) is 21.8 Å². The van der Waals surface area contributed by atoms with Crippen molar-refractivity contribution in [2.75, 3.05) is 82.1 Å². The van der Waals surface area contributed by atoms with Crippen molar-refractivity contribution in [1.82, 2.24) is 24.4 Å². The number of carbonyl (C=O) groups excluding carboxylic acids is 1. The number of benzene rings is 1. The van der Waals surface area contributed by atoms with E-state index in [0.717, 1.165) is 56.8 Å². The third kappa shape index (κ3) is 10.5. The Hall–Kier alpha value is -4.07. The van der Waals surface area contributed by atoms with E-state index in [1.54, 1.807) is 35.7 Å². The Morgan fingerprint density at radius 1 is 0.962 bits per heavy atom. The van der Waals surface area contributed by atoms with Crippen molar-refractivity contribution in [2.45, 2.75) is 50.5 Å². The molecule has 53 heavy (non-hydrogen) atoms. The van der Waals surface area contributed by atoms with Gasteiger partial charge in [-0.15, -0.1) is 5.10 Å². The largest absolute Gasteiger partial charge is 0.490 e. The van der Waals surface area contributed by atoms with Gasteiger partial charge in [-0.1, -0.05) is 17.7 Å². The number of rotatable bonds is 14. The van der Waals surface area contributed by atoms with Gasteiger partial charge in [-0.25, -0.2) is 8.42 Å². The van der Waals surface area contributed by atoms with E-state index in [4.69, 9.17) is 31.1 Å². The molecule has 2 saturated heterocycles. The predicted molar refractivity (Wildman–Crippen MR) is 201 cm³/mol. The highest BCUT2D eigenvalue weighted by Gasteiger charge is 2.29. The lowest BCUT2D eigenvalue weighted by atomic mass is 9.86. The highest BCUT2D eigenvalue weighted by Crippen LogP contribution is 2.31. The molecule has 1 aliphatic carbocycles. The Morgan fingerprint density at radius 2 is 1.74 bits per heavy atom. The Morgan fingerprint density at radius 3 is 2.42 bits per heavy atom. The molecule has 0 spiro atoms. The maximum Gasteiger partial charge on any atom is 0.228 e. The lowest BCUT2D eigenvalue weighted by Gasteiger charge is -2.34. The zero-order valence-electron chi connectivity index (χ0n) is 30.0. The molecule has 1 aromatic carbocycles. The number of hydrogen-bond donors (Lipinski definition) is 1. The van der Waals surface area contributed by atoms with Crippen LogP contribution >= 0.6 is 11.6 Å². The van der Waals surface area contributed by atoms with Crippen LogP contribution in [0.15, 0.2) is 48.5 Å². The van der Waals surface area contributed by atoms with Crippen LogP contribution in [0.25, 0.3) is 0 Å². The first-order chi connectivity index (χ1) is 25.7. The molecular formula is C37H47ClN8O6S. The first-order valence-corrected chi connectivity index (χ1v) is 20.2. The van der Waals surface area contributed by atoms with E-state index in [0.29, 0.717) is 73.7 Å². The summed E-state index contributed by atoms with van der Waals surface area (Å²) in [6.45, 7) is 5.14. The Balaban J connectivity index is 0.836. The van der Waals surface area contributed by atoms with E-state index in [-0.39, 0.29) is 36.2 Å². The normalized spacial score (nSPS) is 20.4. The first kappa shape index (κ1) is 38.6. The van der Waals surface area contributed by atoms with Gasteiger partial charge in [-0.05, 0) is 81.9 Å². The number of pyridine rings is 1. The molecule has 1 saturated carbocycles. The van der Waals surface area contributed by atoms with Crippen molar-refractivity contribution in [2.24, 2.45) is 5.92 Å². The first-order valence-electron chi connectivity index (χ1n) is 18.3. The molecule has 1 N–H and O–H groups in total. The second-order valence-electron chi connectivity index (χ2n) is 13.6. The van der Waals surface area contributed by atoms with Crippen LogP contribution < -0.4 is 19.7 Å². The summed E-state index contributed by atoms with van der Waals surface area (Å²) >= 11 is 6.13. The van der Waals surface area contributed by atoms with Crippen LogP contribution in [0.4, 0.5) is 11.6 Å². The fourth-order valence-electron chi connectivity index (χ4n) is 7.08. The van der Waals surface area contributed by atoms with Gasteiger partial charge >= 0.3 is 0 Å². The van der Waals surface area contributed by atoms with E-state index in [2.05, 4.69) is 30.3 Å². The maximum atomic E-state index is 13.0. The zero-order valence-corrected chi connectivity index (χ0v) is 31.6. The number of aromatic nitrogens is 3. The average Bonchev–Trinajstić information content (AvgIpc) is 3.19. The maximum absolute atomic E-state index is 13.0. The standard InChI is InChI=1S/C37H47ClN8O6S/c1-50-36-4-2-3-35(41-36)45-17-19-46(20-18-45)53(48,49)24-23-51-22-21-44-15-13-27(14-16-44)33-11-12-34(43-42-33)40-37(47)28-5-8-30(9-6-28)52-31-10-7-29(26-39)32(38)25-31/h2-4,7,10-12,25,27-28,30H,5-6,8-9,13-24H2,1H3,(H,40,43,47). The van der Waals surface area contributed by atoms with Crippen LogP contribution in [0, 0.1) is 17.2 Å². The van der Waals surface area contributed by atoms with Crippen LogP contribution in [0.3, 0.4) is 0 Å². The minimum Gasteiger partial charge on any atom is -0.490 e. The van der Waals surface area contributed by atoms with Gasteiger partial charge in [0.05, 0.1) is 48.5 Å². The van der Waals surface area contributed by atoms with E-state index in [9.17, 15) is 13.2 Å². The highest BCUT2D eigenvalue weighted by molar-refractivity contribution is 7.89. The number of methoxy groups -OCH3 is 1. The average molecular weight is 767 g/mol. The predicted octanol–water partition coefficient (Wildman–Crippen LogP) is 4.33. The Labute approximate surface area is 316 Å². The van der Waals surface area contributed by atoms with Gasteiger partial charge in [0.15, 0.2) is 5.82 Å². The molecule has 2 aromatic heterocycles. The molecule has 6 rings (SSSR count). The number of piperazine rings is 1. The number of ether oxygens (including phenoxy) is 3. The fraction of sp³-hybridized carbons (Fsp3) is 0.541. The number of likely N-dealkylation sites (tertiary alicyclic amines) is 1. The summed E-state index contributed by atoms with van der Waals surface area (Å²) in [6.07, 6.45) is 4.77. The molecular weight excluding hydrogens is 720 g/mol. The lowest BCUT2D eigenvalue weighted by molar-refractivity contribution is -0.121. The molecule has 284 valence electrons. The summed E-state index contributed by atoms with van der Waals surface area (Å²) in [4.78, 5) is 21.8. The number of nitriles is 1. The van der Waals surface area contributed by atoms with Crippen molar-refractivity contribution < 1.29 is 27.4 Å². The molecule has 3 aliphatic rings. The number of amides is 1. The smallest absolute Gasteiger partial charge is 0.228 e. The number of nitrogens with zero attached hydrogens (tertiary/aromatic N) is 7. The molecule has 0 unspecified atom stereocenters. The Bertz CT molecular complexity index is 1820. The highest BCUT2D eigenvalue weighted by atomic mass is 35.5. The van der Waals surface area contributed by atoms with Gasteiger partial charge in [-0.3, -0.25) is 4.79 Å². The summed E-state index contributed by atoms with van der Waals surface area (Å²) in [5.41, 5.74) is 1.33. The summed E-state index contributed by atoms with van der Waals surface area (Å²) in [6, 6.07) is 16.5. The molecule has 14 nitrogen and oxygen atoms in total. The van der Waals surface area contributed by atoms with Gasteiger partial charge < -0.3 is 29.3 Å². The minimum atomic E-state index is -3.40. The molecule has 0 radical (unpaired) electrons. The van der Waals surface area contributed by atoms with Crippen LogP contribution in [0.5, 0.6) is 11.6 Å². The second-order valence-corrected chi connectivity index (χ2v) is 16.1. The van der Waals surface area contributed by atoms with Crippen molar-refractivity contribution in [1.29, 1.82) is 5.26 Å². The lowest BCUT2D eigenvalue weighted by Crippen LogP contribution is -2.49. The van der Waals surface area contributed by atoms with Crippen LogP contribution in [-0.4, -0.2) is 117 Å². The number of carbonyl (C=O) groups is 1. The Kier molecular flexibility index (Phi) is 13.4. The van der Waals surface area contributed by atoms with E-state index in [1.807, 2.05) is 30.3 Å². The van der Waals surface area contributed by atoms with Crippen molar-refractivity contribution in [3.05, 3.63) is 64.8 Å². The number of halogens is 1. The monoisotopic (exact) mass is 766 g/mol. The molecule has 3 fully saturated rings. The van der Waals surface area contributed by atoms with Gasteiger partial charge in [0.1, 0.15) is 17.6 Å². The number of sulfonamides is 1. The van der Waals surface area contributed by atoms with Gasteiger partial charge in [0, 0.05) is 56.7 Å². The molecule has 4 heterocycles. The molecule has 16 heteroatoms. The summed E-state index contributed by atoms with van der Waals surface area (Å²) in [7, 11) is -1.83. The number of hydrogen-bond acceptors (Lipinski definition) is 12. The summed E-state index contributed by atoms with van der Waals surface area (Å²) in [5.74, 6) is 2.48. The number of nitrogens with one attached hydrogen (secondary N) is 1. The molecule has 0 bridgehead atoms. The van der Waals surface area contributed by atoms with Crippen molar-refractivity contribution >= 4 is 39.2 Å². The van der Waals surface area contributed by atoms with Gasteiger partial charge in [0.25, 0.3) is 0 Å². The molecule has 0 atom stereocenters. The second kappa shape index (κ2) is 18.3. The number of anilines is 2. The third-order valence-electron chi connectivity index (χ3n) is 10.3. The molecule has 3 aromatic rings. The minimum absolute atomic E-state index is 0.00673. The van der Waals surface area contributed by atoms with E-state index in [1.165, 1.54) is 0 Å². The summed E-state index contributed by atoms with van der Waals surface area (Å²) in [5, 5.41) is 21.1. The van der Waals surface area contributed by atoms with Crippen LogP contribution in [0.1, 0.15) is 55.7 Å². The van der Waals surface area contributed by atoms with Crippen LogP contribution in [0.2, 0.25) is 5.02 Å². The van der Waals surface area contributed by atoms with Crippen molar-refractivity contribution in [3.63, 3.8) is 0 Å². The fourth-order valence-corrected chi connectivity index (χ4v) is 8.60. The van der Waals surface area contributed by atoms with Crippen LogP contribution in [-0.2, 0) is 19.6 Å². The quantitative estimate of drug-likeness (QED) is 0.232. The van der Waals surface area contributed by atoms with Crippen molar-refractivity contribution in [3.8, 4) is 17.7 Å². The SMILES string of the molecule is COc1cccc(N2CCN(S(=O)(=O)CCOCCN3CCC(c4ccc(NC(=O)C5CCC(Oc6ccc(C#N)c(Cl)c6)CC5)nn4)CC3)CC2)n1. The third-order valence-corrected chi connectivity index (χ3v) is 12.4. The zero-order chi connectivity index (χ0) is 37.2. The topological polar surface area (TPSA) is 163 Å². The molecule has 1 amide bonds.